The summed E-state index contributed by atoms with van der Waals surface area (Å²) in [6.07, 6.45) is 3.22. The first-order chi connectivity index (χ1) is 6.92. The summed E-state index contributed by atoms with van der Waals surface area (Å²) in [4.78, 5) is 23.4. The summed E-state index contributed by atoms with van der Waals surface area (Å²) >= 11 is 0. The summed E-state index contributed by atoms with van der Waals surface area (Å²) in [5.74, 6) is -0.771. The Morgan fingerprint density at radius 1 is 1.40 bits per heavy atom. The van der Waals surface area contributed by atoms with E-state index in [0.29, 0.717) is 25.9 Å². The maximum atomic E-state index is 11.5. The van der Waals surface area contributed by atoms with E-state index in [0.717, 1.165) is 12.5 Å². The Morgan fingerprint density at radius 3 is 2.33 bits per heavy atom. The first-order valence-electron chi connectivity index (χ1n) is 4.83. The van der Waals surface area contributed by atoms with Gasteiger partial charge in [0.05, 0.1) is 0 Å². The summed E-state index contributed by atoms with van der Waals surface area (Å²) in [6.45, 7) is 0.968. The van der Waals surface area contributed by atoms with Crippen LogP contribution in [0.15, 0.2) is 0 Å². The van der Waals surface area contributed by atoms with Gasteiger partial charge in [-0.15, -0.1) is 0 Å². The molecule has 1 aliphatic rings. The molecule has 1 saturated heterocycles. The van der Waals surface area contributed by atoms with Crippen molar-refractivity contribution in [3.63, 3.8) is 0 Å². The van der Waals surface area contributed by atoms with Crippen molar-refractivity contribution in [1.29, 1.82) is 0 Å². The molecule has 5 nitrogen and oxygen atoms in total. The van der Waals surface area contributed by atoms with Crippen molar-refractivity contribution in [2.75, 3.05) is 25.1 Å². The van der Waals surface area contributed by atoms with Gasteiger partial charge >= 0.3 is 0 Å². The molecular weight excluding hydrogens is 218 g/mol. The molecular formula is C9H15NO4S. The van der Waals surface area contributed by atoms with Gasteiger partial charge in [-0.05, 0) is 12.8 Å². The van der Waals surface area contributed by atoms with Crippen LogP contribution >= 0.6 is 0 Å². The predicted octanol–water partition coefficient (Wildman–Crippen LogP) is -0.532. The molecule has 0 aliphatic carbocycles. The number of hydrogen-bond donors (Lipinski definition) is 0. The third kappa shape index (κ3) is 3.99. The summed E-state index contributed by atoms with van der Waals surface area (Å²) in [6, 6.07) is 0. The Bertz CT molecular complexity index is 341. The molecule has 0 bridgehead atoms. The van der Waals surface area contributed by atoms with Crippen molar-refractivity contribution < 1.29 is 18.0 Å². The van der Waals surface area contributed by atoms with Crippen LogP contribution in [0.4, 0.5) is 0 Å². The number of likely N-dealkylation sites (tertiary alicyclic amines) is 1. The average molecular weight is 233 g/mol. The van der Waals surface area contributed by atoms with Gasteiger partial charge in [0.25, 0.3) is 0 Å². The van der Waals surface area contributed by atoms with Gasteiger partial charge in [0.2, 0.25) is 5.91 Å². The zero-order valence-corrected chi connectivity index (χ0v) is 9.50. The van der Waals surface area contributed by atoms with Crippen LogP contribution in [0.2, 0.25) is 0 Å². The van der Waals surface area contributed by atoms with Crippen LogP contribution in [0.25, 0.3) is 0 Å². The van der Waals surface area contributed by atoms with E-state index in [1.54, 1.807) is 0 Å². The molecule has 1 fully saturated rings. The van der Waals surface area contributed by atoms with E-state index in [9.17, 15) is 18.0 Å². The Labute approximate surface area is 89.4 Å². The number of carbonyl (C=O) groups excluding carboxylic acids is 2. The fraction of sp³-hybridized carbons (Fsp3) is 0.778. The molecule has 1 rings (SSSR count). The van der Waals surface area contributed by atoms with E-state index in [2.05, 4.69) is 0 Å². The number of nitrogens with zero attached hydrogens (tertiary/aromatic N) is 1. The third-order valence-electron chi connectivity index (χ3n) is 2.47. The van der Waals surface area contributed by atoms with Gasteiger partial charge in [-0.3, -0.25) is 4.79 Å². The van der Waals surface area contributed by atoms with Gasteiger partial charge in [-0.25, -0.2) is 8.42 Å². The number of carbonyl (C=O) groups is 2. The van der Waals surface area contributed by atoms with Crippen LogP contribution in [0.5, 0.6) is 0 Å². The van der Waals surface area contributed by atoms with Crippen LogP contribution in [0.3, 0.4) is 0 Å². The van der Waals surface area contributed by atoms with Crippen molar-refractivity contribution in [3.8, 4) is 0 Å². The fourth-order valence-electron chi connectivity index (χ4n) is 1.60. The third-order valence-corrected chi connectivity index (χ3v) is 3.24. The summed E-state index contributed by atoms with van der Waals surface area (Å²) < 4.78 is 21.8. The van der Waals surface area contributed by atoms with Crippen LogP contribution < -0.4 is 0 Å². The monoisotopic (exact) mass is 233 g/mol. The van der Waals surface area contributed by atoms with E-state index in [-0.39, 0.29) is 11.8 Å². The summed E-state index contributed by atoms with van der Waals surface area (Å²) in [7, 11) is -3.25. The average Bonchev–Trinajstić information content (AvgIpc) is 2.15. The highest BCUT2D eigenvalue weighted by molar-refractivity contribution is 7.91. The topological polar surface area (TPSA) is 71.5 Å². The number of amides is 1. The highest BCUT2D eigenvalue weighted by atomic mass is 32.2. The predicted molar refractivity (Wildman–Crippen MR) is 55.1 cm³/mol. The van der Waals surface area contributed by atoms with Crippen molar-refractivity contribution in [2.24, 2.45) is 5.92 Å². The SMILES string of the molecule is CS(=O)(=O)CC(=O)N1CCC(C=O)CC1. The minimum atomic E-state index is -3.25. The molecule has 0 atom stereocenters. The second-order valence-corrected chi connectivity index (χ2v) is 6.06. The lowest BCUT2D eigenvalue weighted by molar-refractivity contribution is -0.130. The zero-order chi connectivity index (χ0) is 11.5. The molecule has 0 aromatic rings. The number of sulfone groups is 1. The molecule has 0 N–H and O–H groups in total. The van der Waals surface area contributed by atoms with Gasteiger partial charge in [0.15, 0.2) is 9.84 Å². The molecule has 86 valence electrons. The molecule has 1 amide bonds. The number of rotatable bonds is 3. The number of hydrogen-bond acceptors (Lipinski definition) is 4. The molecule has 0 aromatic heterocycles. The smallest absolute Gasteiger partial charge is 0.237 e. The molecule has 0 spiro atoms. The molecule has 15 heavy (non-hydrogen) atoms. The Balaban J connectivity index is 2.47. The fourth-order valence-corrected chi connectivity index (χ4v) is 2.23. The van der Waals surface area contributed by atoms with Gasteiger partial charge < -0.3 is 9.69 Å². The maximum Gasteiger partial charge on any atom is 0.237 e. The van der Waals surface area contributed by atoms with E-state index in [1.807, 2.05) is 0 Å². The summed E-state index contributed by atoms with van der Waals surface area (Å²) in [5, 5.41) is 0. The minimum Gasteiger partial charge on any atom is -0.342 e. The lowest BCUT2D eigenvalue weighted by atomic mass is 9.99. The van der Waals surface area contributed by atoms with Crippen LogP contribution in [-0.4, -0.2) is 50.6 Å². The lowest BCUT2D eigenvalue weighted by Crippen LogP contribution is -2.41. The number of piperidine rings is 1. The molecule has 0 radical (unpaired) electrons. The second kappa shape index (κ2) is 4.74. The van der Waals surface area contributed by atoms with Crippen LogP contribution in [-0.2, 0) is 19.4 Å². The highest BCUT2D eigenvalue weighted by Crippen LogP contribution is 2.15. The second-order valence-electron chi connectivity index (χ2n) is 3.92. The quantitative estimate of drug-likeness (QED) is 0.614. The minimum absolute atomic E-state index is 0.0206. The normalized spacial score (nSPS) is 18.9. The molecule has 0 aromatic carbocycles. The van der Waals surface area contributed by atoms with Gasteiger partial charge in [-0.2, -0.15) is 0 Å². The lowest BCUT2D eigenvalue weighted by Gasteiger charge is -2.29. The van der Waals surface area contributed by atoms with E-state index >= 15 is 0 Å². The maximum absolute atomic E-state index is 11.5. The highest BCUT2D eigenvalue weighted by Gasteiger charge is 2.24. The number of aldehydes is 1. The first-order valence-corrected chi connectivity index (χ1v) is 6.89. The Hall–Kier alpha value is -0.910. The largest absolute Gasteiger partial charge is 0.342 e. The van der Waals surface area contributed by atoms with Gasteiger partial charge in [0.1, 0.15) is 12.0 Å². The molecule has 0 saturated carbocycles. The Kier molecular flexibility index (Phi) is 3.84. The van der Waals surface area contributed by atoms with Crippen LogP contribution in [0, 0.1) is 5.92 Å². The van der Waals surface area contributed by atoms with E-state index in [4.69, 9.17) is 0 Å². The molecule has 1 heterocycles. The molecule has 1 aliphatic heterocycles. The molecule has 6 heteroatoms. The van der Waals surface area contributed by atoms with Crippen molar-refractivity contribution in [1.82, 2.24) is 4.90 Å². The molecule has 0 unspecified atom stereocenters. The van der Waals surface area contributed by atoms with E-state index in [1.165, 1.54) is 4.90 Å². The van der Waals surface area contributed by atoms with Gasteiger partial charge in [0, 0.05) is 25.3 Å². The van der Waals surface area contributed by atoms with E-state index < -0.39 is 15.6 Å². The first kappa shape index (κ1) is 12.2. The summed E-state index contributed by atoms with van der Waals surface area (Å²) in [5.41, 5.74) is 0. The Morgan fingerprint density at radius 2 is 1.93 bits per heavy atom. The van der Waals surface area contributed by atoms with Crippen molar-refractivity contribution in [2.45, 2.75) is 12.8 Å². The zero-order valence-electron chi connectivity index (χ0n) is 8.68. The van der Waals surface area contributed by atoms with Crippen molar-refractivity contribution in [3.05, 3.63) is 0 Å². The van der Waals surface area contributed by atoms with Crippen LogP contribution in [0.1, 0.15) is 12.8 Å². The standard InChI is InChI=1S/C9H15NO4S/c1-15(13,14)7-9(12)10-4-2-8(6-11)3-5-10/h6,8H,2-5,7H2,1H3. The van der Waals surface area contributed by atoms with Crippen molar-refractivity contribution >= 4 is 22.0 Å². The van der Waals surface area contributed by atoms with Gasteiger partial charge in [-0.1, -0.05) is 0 Å².